The topological polar surface area (TPSA) is 89.4 Å². The zero-order chi connectivity index (χ0) is 17.7. The van der Waals surface area contributed by atoms with Crippen LogP contribution in [0.15, 0.2) is 18.2 Å². The van der Waals surface area contributed by atoms with E-state index in [1.54, 1.807) is 12.1 Å². The molecule has 24 heavy (non-hydrogen) atoms. The van der Waals surface area contributed by atoms with Gasteiger partial charge in [-0.15, -0.1) is 0 Å². The number of carbonyl (C=O) groups excluding carboxylic acids is 2. The van der Waals surface area contributed by atoms with Gasteiger partial charge < -0.3 is 19.9 Å². The maximum absolute atomic E-state index is 12.2. The van der Waals surface area contributed by atoms with Gasteiger partial charge in [0.15, 0.2) is 11.5 Å². The van der Waals surface area contributed by atoms with Crippen molar-refractivity contribution in [3.05, 3.63) is 23.8 Å². The van der Waals surface area contributed by atoms with Crippen LogP contribution in [0.3, 0.4) is 0 Å². The van der Waals surface area contributed by atoms with Gasteiger partial charge in [0.05, 0.1) is 20.2 Å². The number of nitrogens with two attached hydrogens (primary N) is 1. The van der Waals surface area contributed by atoms with Crippen LogP contribution in [0.25, 0.3) is 0 Å². The zero-order valence-electron chi connectivity index (χ0n) is 14.5. The van der Waals surface area contributed by atoms with Crippen molar-refractivity contribution >= 4 is 11.8 Å². The molecule has 0 aliphatic carbocycles. The number of hydrogen-bond acceptors (Lipinski definition) is 5. The van der Waals surface area contributed by atoms with E-state index < -0.39 is 17.4 Å². The second-order valence-corrected chi connectivity index (χ2v) is 6.74. The van der Waals surface area contributed by atoms with Crippen LogP contribution in [0.4, 0.5) is 0 Å². The number of ketones is 1. The second kappa shape index (κ2) is 7.66. The summed E-state index contributed by atoms with van der Waals surface area (Å²) in [4.78, 5) is 24.3. The Morgan fingerprint density at radius 1 is 1.29 bits per heavy atom. The molecule has 0 saturated carbocycles. The number of quaternary nitrogens is 1. The van der Waals surface area contributed by atoms with Gasteiger partial charge in [0, 0.05) is 25.2 Å². The maximum atomic E-state index is 12.2. The highest BCUT2D eigenvalue weighted by atomic mass is 16.6. The molecule has 1 heterocycles. The Morgan fingerprint density at radius 3 is 2.58 bits per heavy atom. The lowest BCUT2D eigenvalue weighted by Gasteiger charge is -2.35. The van der Waals surface area contributed by atoms with E-state index in [4.69, 9.17) is 9.47 Å². The van der Waals surface area contributed by atoms with Crippen LogP contribution in [0.1, 0.15) is 32.3 Å². The predicted molar refractivity (Wildman–Crippen MR) is 87.9 cm³/mol. The van der Waals surface area contributed by atoms with Crippen LogP contribution in [-0.2, 0) is 20.7 Å². The first-order valence-corrected chi connectivity index (χ1v) is 8.27. The summed E-state index contributed by atoms with van der Waals surface area (Å²) in [7, 11) is 1.43. The Morgan fingerprint density at radius 2 is 1.96 bits per heavy atom. The minimum atomic E-state index is -0.804. The van der Waals surface area contributed by atoms with Crippen LogP contribution in [-0.4, -0.2) is 42.7 Å². The molecule has 3 N–H and O–H groups in total. The summed E-state index contributed by atoms with van der Waals surface area (Å²) in [5.74, 6) is -0.869. The van der Waals surface area contributed by atoms with E-state index in [2.05, 4.69) is 5.32 Å². The predicted octanol–water partition coefficient (Wildman–Crippen LogP) is 0.808. The Balaban J connectivity index is 1.97. The van der Waals surface area contributed by atoms with Crippen LogP contribution < -0.4 is 10.1 Å². The van der Waals surface area contributed by atoms with Crippen molar-refractivity contribution in [1.29, 1.82) is 0 Å². The fraction of sp³-hybridized carbons (Fsp3) is 0.556. The van der Waals surface area contributed by atoms with Gasteiger partial charge in [0.2, 0.25) is 5.78 Å². The number of phenolic OH excluding ortho intramolecular Hbond substituents is 1. The Labute approximate surface area is 142 Å². The third-order valence-electron chi connectivity index (χ3n) is 4.61. The summed E-state index contributed by atoms with van der Waals surface area (Å²) in [5.41, 5.74) is -0.0510. The van der Waals surface area contributed by atoms with Gasteiger partial charge in [0.1, 0.15) is 5.60 Å². The number of hydrogen-bond donors (Lipinski definition) is 2. The van der Waals surface area contributed by atoms with Crippen LogP contribution >= 0.6 is 0 Å². The minimum Gasteiger partial charge on any atom is -0.504 e. The monoisotopic (exact) mass is 336 g/mol. The van der Waals surface area contributed by atoms with Crippen LogP contribution in [0.2, 0.25) is 0 Å². The van der Waals surface area contributed by atoms with E-state index >= 15 is 0 Å². The molecule has 0 bridgehead atoms. The number of methoxy groups -OCH3 is 1. The largest absolute Gasteiger partial charge is 0.504 e. The minimum absolute atomic E-state index is 0.00786. The number of piperidine rings is 1. The first-order valence-electron chi connectivity index (χ1n) is 8.27. The average Bonchev–Trinajstić information content (AvgIpc) is 2.57. The standard InChI is InChI=1S/C18H25NO5/c1-18(2,13-6-8-19-9-7-13)24-17(22)15(21)10-12-4-5-14(20)16(11-12)23-3/h4-5,11,13,19-20H,6-10H2,1-3H3/p+1. The molecule has 0 radical (unpaired) electrons. The molecule has 0 amide bonds. The number of Topliss-reactive ketones (excluding diaryl/α,β-unsaturated/α-hetero) is 1. The van der Waals surface area contributed by atoms with Gasteiger partial charge in [-0.3, -0.25) is 4.79 Å². The lowest BCUT2D eigenvalue weighted by molar-refractivity contribution is -0.665. The number of phenols is 1. The zero-order valence-corrected chi connectivity index (χ0v) is 14.5. The third kappa shape index (κ3) is 4.47. The molecule has 6 heteroatoms. The van der Waals surface area contributed by atoms with Gasteiger partial charge in [-0.05, 0) is 31.5 Å². The fourth-order valence-corrected chi connectivity index (χ4v) is 3.09. The van der Waals surface area contributed by atoms with Crippen molar-refractivity contribution in [3.8, 4) is 11.5 Å². The average molecular weight is 336 g/mol. The van der Waals surface area contributed by atoms with Crippen molar-refractivity contribution in [2.24, 2.45) is 5.92 Å². The summed E-state index contributed by atoms with van der Waals surface area (Å²) in [6.07, 6.45) is 1.87. The fourth-order valence-electron chi connectivity index (χ4n) is 3.09. The van der Waals surface area contributed by atoms with Gasteiger partial charge in [-0.1, -0.05) is 6.07 Å². The Hall–Kier alpha value is -2.08. The Bertz CT molecular complexity index is 605. The lowest BCUT2D eigenvalue weighted by atomic mass is 9.83. The molecule has 1 aliphatic rings. The molecule has 0 unspecified atom stereocenters. The first-order chi connectivity index (χ1) is 11.3. The van der Waals surface area contributed by atoms with E-state index in [1.807, 2.05) is 13.8 Å². The van der Waals surface area contributed by atoms with Crippen molar-refractivity contribution in [1.82, 2.24) is 0 Å². The summed E-state index contributed by atoms with van der Waals surface area (Å²) in [6, 6.07) is 4.57. The summed E-state index contributed by atoms with van der Waals surface area (Å²) < 4.78 is 10.5. The van der Waals surface area contributed by atoms with E-state index in [9.17, 15) is 14.7 Å². The van der Waals surface area contributed by atoms with Crippen molar-refractivity contribution < 1.29 is 29.5 Å². The number of aromatic hydroxyl groups is 1. The molecule has 1 aromatic carbocycles. The highest BCUT2D eigenvalue weighted by Gasteiger charge is 2.36. The molecule has 2 rings (SSSR count). The molecular formula is C18H26NO5+. The molecule has 1 aromatic rings. The number of carbonyl (C=O) groups is 2. The van der Waals surface area contributed by atoms with Crippen molar-refractivity contribution in [2.45, 2.75) is 38.7 Å². The van der Waals surface area contributed by atoms with E-state index in [-0.39, 0.29) is 23.8 Å². The first kappa shape index (κ1) is 18.3. The highest BCUT2D eigenvalue weighted by molar-refractivity contribution is 6.34. The number of ether oxygens (including phenoxy) is 2. The normalized spacial score (nSPS) is 15.8. The van der Waals surface area contributed by atoms with Gasteiger partial charge in [-0.25, -0.2) is 4.79 Å². The summed E-state index contributed by atoms with van der Waals surface area (Å²) in [5, 5.41) is 11.8. The smallest absolute Gasteiger partial charge is 0.375 e. The Kier molecular flexibility index (Phi) is 5.83. The van der Waals surface area contributed by atoms with E-state index in [0.717, 1.165) is 25.9 Å². The van der Waals surface area contributed by atoms with Crippen LogP contribution in [0.5, 0.6) is 11.5 Å². The maximum Gasteiger partial charge on any atom is 0.375 e. The van der Waals surface area contributed by atoms with Crippen molar-refractivity contribution in [2.75, 3.05) is 20.2 Å². The molecule has 132 valence electrons. The highest BCUT2D eigenvalue weighted by Crippen LogP contribution is 2.29. The third-order valence-corrected chi connectivity index (χ3v) is 4.61. The molecule has 0 aromatic heterocycles. The molecule has 1 fully saturated rings. The molecule has 6 nitrogen and oxygen atoms in total. The van der Waals surface area contributed by atoms with Gasteiger partial charge in [-0.2, -0.15) is 0 Å². The molecule has 1 saturated heterocycles. The second-order valence-electron chi connectivity index (χ2n) is 6.74. The number of benzene rings is 1. The molecule has 0 atom stereocenters. The summed E-state index contributed by atoms with van der Waals surface area (Å²) in [6.45, 7) is 5.79. The number of rotatable bonds is 6. The van der Waals surface area contributed by atoms with Crippen LogP contribution in [0, 0.1) is 5.92 Å². The number of esters is 1. The van der Waals surface area contributed by atoms with E-state index in [0.29, 0.717) is 5.56 Å². The quantitative estimate of drug-likeness (QED) is 0.593. The molecule has 1 aliphatic heterocycles. The lowest BCUT2D eigenvalue weighted by Crippen LogP contribution is -2.86. The van der Waals surface area contributed by atoms with Gasteiger partial charge in [0.25, 0.3) is 0 Å². The van der Waals surface area contributed by atoms with Crippen molar-refractivity contribution in [3.63, 3.8) is 0 Å². The SMILES string of the molecule is COc1cc(CC(=O)C(=O)OC(C)(C)C2CC[NH2+]CC2)ccc1O. The van der Waals surface area contributed by atoms with Gasteiger partial charge >= 0.3 is 5.97 Å². The summed E-state index contributed by atoms with van der Waals surface area (Å²) >= 11 is 0. The van der Waals surface area contributed by atoms with E-state index in [1.165, 1.54) is 13.2 Å². The molecular weight excluding hydrogens is 310 g/mol. The molecule has 0 spiro atoms.